The number of hydrogen-bond acceptors (Lipinski definition) is 3. The molecule has 100 valence electrons. The van der Waals surface area contributed by atoms with E-state index in [2.05, 4.69) is 15.3 Å². The number of rotatable bonds is 3. The molecule has 0 spiro atoms. The number of hydrogen-bond donors (Lipinski definition) is 1. The predicted octanol–water partition coefficient (Wildman–Crippen LogP) is 4.28. The van der Waals surface area contributed by atoms with Gasteiger partial charge in [-0.05, 0) is 18.1 Å². The zero-order valence-corrected chi connectivity index (χ0v) is 11.2. The fourth-order valence-electron chi connectivity index (χ4n) is 1.70. The van der Waals surface area contributed by atoms with Gasteiger partial charge in [-0.2, -0.15) is 0 Å². The molecule has 0 aliphatic carbocycles. The lowest BCUT2D eigenvalue weighted by Crippen LogP contribution is -2.04. The zero-order valence-electron chi connectivity index (χ0n) is 10.4. The highest BCUT2D eigenvalue weighted by Gasteiger charge is 2.15. The van der Waals surface area contributed by atoms with Crippen LogP contribution in [0.5, 0.6) is 0 Å². The largest absolute Gasteiger partial charge is 0.337 e. The lowest BCUT2D eigenvalue weighted by molar-refractivity contribution is 0.586. The molecule has 0 saturated heterocycles. The Morgan fingerprint density at radius 3 is 2.58 bits per heavy atom. The van der Waals surface area contributed by atoms with Crippen LogP contribution in [-0.2, 0) is 0 Å². The second-order valence-corrected chi connectivity index (χ2v) is 4.69. The molecule has 1 N–H and O–H groups in total. The predicted molar refractivity (Wildman–Crippen MR) is 70.8 cm³/mol. The van der Waals surface area contributed by atoms with E-state index < -0.39 is 11.6 Å². The Morgan fingerprint density at radius 1 is 1.21 bits per heavy atom. The first-order chi connectivity index (χ1) is 8.99. The van der Waals surface area contributed by atoms with Crippen LogP contribution in [0.15, 0.2) is 24.5 Å². The van der Waals surface area contributed by atoms with E-state index in [1.165, 1.54) is 18.5 Å². The molecule has 2 rings (SSSR count). The minimum atomic E-state index is -0.690. The van der Waals surface area contributed by atoms with Crippen LogP contribution < -0.4 is 5.32 Å². The smallest absolute Gasteiger partial charge is 0.149 e. The molecule has 1 heterocycles. The molecule has 0 aliphatic heterocycles. The third-order valence-corrected chi connectivity index (χ3v) is 2.90. The summed E-state index contributed by atoms with van der Waals surface area (Å²) in [6.07, 6.45) is 1.29. The van der Waals surface area contributed by atoms with Crippen molar-refractivity contribution >= 4 is 23.1 Å². The maximum Gasteiger partial charge on any atom is 0.149 e. The van der Waals surface area contributed by atoms with E-state index in [-0.39, 0.29) is 11.6 Å². The van der Waals surface area contributed by atoms with Crippen molar-refractivity contribution in [2.45, 2.75) is 19.8 Å². The molecule has 1 aromatic heterocycles. The van der Waals surface area contributed by atoms with E-state index in [1.807, 2.05) is 13.8 Å². The van der Waals surface area contributed by atoms with Crippen LogP contribution in [-0.4, -0.2) is 9.97 Å². The van der Waals surface area contributed by atoms with Crippen LogP contribution in [0.1, 0.15) is 25.3 Å². The summed E-state index contributed by atoms with van der Waals surface area (Å²) in [7, 11) is 0. The van der Waals surface area contributed by atoms with Gasteiger partial charge in [0.1, 0.15) is 28.9 Å². The third kappa shape index (κ3) is 2.98. The van der Waals surface area contributed by atoms with E-state index >= 15 is 0 Å². The standard InChI is InChI=1S/C13H12ClF2N3/c1-7(2)11-12(14)17-6-18-13(11)19-10-4-3-8(15)5-9(10)16/h3-7H,1-2H3,(H,17,18,19). The normalized spacial score (nSPS) is 10.8. The topological polar surface area (TPSA) is 37.8 Å². The highest BCUT2D eigenvalue weighted by molar-refractivity contribution is 6.30. The summed E-state index contributed by atoms with van der Waals surface area (Å²) >= 11 is 6.01. The first-order valence-corrected chi connectivity index (χ1v) is 6.09. The SMILES string of the molecule is CC(C)c1c(Cl)ncnc1Nc1ccc(F)cc1F. The van der Waals surface area contributed by atoms with E-state index in [0.29, 0.717) is 16.5 Å². The van der Waals surface area contributed by atoms with Gasteiger partial charge in [0.05, 0.1) is 5.69 Å². The van der Waals surface area contributed by atoms with Gasteiger partial charge in [-0.3, -0.25) is 0 Å². The van der Waals surface area contributed by atoms with Gasteiger partial charge < -0.3 is 5.32 Å². The van der Waals surface area contributed by atoms with Crippen molar-refractivity contribution < 1.29 is 8.78 Å². The van der Waals surface area contributed by atoms with Crippen LogP contribution in [0.4, 0.5) is 20.3 Å². The fraction of sp³-hybridized carbons (Fsp3) is 0.231. The van der Waals surface area contributed by atoms with Crippen molar-refractivity contribution in [2.75, 3.05) is 5.32 Å². The molecule has 0 unspecified atom stereocenters. The van der Waals surface area contributed by atoms with Gasteiger partial charge in [-0.1, -0.05) is 25.4 Å². The monoisotopic (exact) mass is 283 g/mol. The Morgan fingerprint density at radius 2 is 1.95 bits per heavy atom. The van der Waals surface area contributed by atoms with Gasteiger partial charge in [0, 0.05) is 11.6 Å². The quantitative estimate of drug-likeness (QED) is 0.855. The van der Waals surface area contributed by atoms with Crippen LogP contribution in [0.3, 0.4) is 0 Å². The summed E-state index contributed by atoms with van der Waals surface area (Å²) in [5.74, 6) is -0.836. The van der Waals surface area contributed by atoms with Gasteiger partial charge >= 0.3 is 0 Å². The van der Waals surface area contributed by atoms with Crippen molar-refractivity contribution in [3.8, 4) is 0 Å². The molecule has 0 bridgehead atoms. The summed E-state index contributed by atoms with van der Waals surface area (Å²) in [4.78, 5) is 7.95. The van der Waals surface area contributed by atoms with Crippen molar-refractivity contribution in [2.24, 2.45) is 0 Å². The van der Waals surface area contributed by atoms with Crippen molar-refractivity contribution in [3.05, 3.63) is 46.9 Å². The number of nitrogens with one attached hydrogen (secondary N) is 1. The number of halogens is 3. The second kappa shape index (κ2) is 5.48. The Bertz CT molecular complexity index is 602. The Labute approximate surface area is 114 Å². The van der Waals surface area contributed by atoms with Gasteiger partial charge in [0.2, 0.25) is 0 Å². The Balaban J connectivity index is 2.41. The van der Waals surface area contributed by atoms with E-state index in [9.17, 15) is 8.78 Å². The molecular weight excluding hydrogens is 272 g/mol. The maximum absolute atomic E-state index is 13.6. The maximum atomic E-state index is 13.6. The van der Waals surface area contributed by atoms with Gasteiger partial charge in [0.15, 0.2) is 0 Å². The fourth-order valence-corrected chi connectivity index (χ4v) is 2.06. The van der Waals surface area contributed by atoms with Crippen molar-refractivity contribution in [3.63, 3.8) is 0 Å². The van der Waals surface area contributed by atoms with Crippen molar-refractivity contribution in [1.29, 1.82) is 0 Å². The zero-order chi connectivity index (χ0) is 14.0. The summed E-state index contributed by atoms with van der Waals surface area (Å²) in [5, 5.41) is 3.13. The Kier molecular flexibility index (Phi) is 3.95. The lowest BCUT2D eigenvalue weighted by atomic mass is 10.1. The lowest BCUT2D eigenvalue weighted by Gasteiger charge is -2.14. The van der Waals surface area contributed by atoms with Crippen LogP contribution in [0.25, 0.3) is 0 Å². The molecule has 0 atom stereocenters. The number of anilines is 2. The number of benzene rings is 1. The van der Waals surface area contributed by atoms with E-state index in [1.54, 1.807) is 0 Å². The summed E-state index contributed by atoms with van der Waals surface area (Å²) < 4.78 is 26.4. The van der Waals surface area contributed by atoms with E-state index in [4.69, 9.17) is 11.6 Å². The average Bonchev–Trinajstić information content (AvgIpc) is 2.32. The van der Waals surface area contributed by atoms with Gasteiger partial charge in [0.25, 0.3) is 0 Å². The first-order valence-electron chi connectivity index (χ1n) is 5.71. The molecule has 0 radical (unpaired) electrons. The number of aromatic nitrogens is 2. The minimum Gasteiger partial charge on any atom is -0.337 e. The van der Waals surface area contributed by atoms with Crippen LogP contribution >= 0.6 is 11.6 Å². The highest BCUT2D eigenvalue weighted by atomic mass is 35.5. The summed E-state index contributed by atoms with van der Waals surface area (Å²) in [6, 6.07) is 3.29. The molecule has 1 aromatic carbocycles. The highest BCUT2D eigenvalue weighted by Crippen LogP contribution is 2.30. The first kappa shape index (κ1) is 13.7. The van der Waals surface area contributed by atoms with E-state index in [0.717, 1.165) is 6.07 Å². The van der Waals surface area contributed by atoms with Gasteiger partial charge in [-0.15, -0.1) is 0 Å². The minimum absolute atomic E-state index is 0.0692. The molecule has 2 aromatic rings. The second-order valence-electron chi connectivity index (χ2n) is 4.33. The molecule has 0 amide bonds. The number of nitrogens with zero attached hydrogens (tertiary/aromatic N) is 2. The summed E-state index contributed by atoms with van der Waals surface area (Å²) in [6.45, 7) is 3.85. The Hall–Kier alpha value is -1.75. The van der Waals surface area contributed by atoms with Crippen molar-refractivity contribution in [1.82, 2.24) is 9.97 Å². The molecule has 0 fully saturated rings. The molecule has 0 aliphatic rings. The molecule has 0 saturated carbocycles. The average molecular weight is 284 g/mol. The molecule has 6 heteroatoms. The molecule has 19 heavy (non-hydrogen) atoms. The van der Waals surface area contributed by atoms with Crippen LogP contribution in [0, 0.1) is 11.6 Å². The third-order valence-electron chi connectivity index (χ3n) is 2.60. The van der Waals surface area contributed by atoms with Gasteiger partial charge in [-0.25, -0.2) is 18.7 Å². The molecule has 3 nitrogen and oxygen atoms in total. The van der Waals surface area contributed by atoms with Crippen LogP contribution in [0.2, 0.25) is 5.15 Å². The molecular formula is C13H12ClF2N3. The summed E-state index contributed by atoms with van der Waals surface area (Å²) in [5.41, 5.74) is 0.825.